The monoisotopic (exact) mass is 438 g/mol. The Kier molecular flexibility index (Phi) is 5.93. The number of esters is 1. The summed E-state index contributed by atoms with van der Waals surface area (Å²) in [6.07, 6.45) is 4.27. The fourth-order valence-electron chi connectivity index (χ4n) is 4.30. The fourth-order valence-corrected chi connectivity index (χ4v) is 4.30. The summed E-state index contributed by atoms with van der Waals surface area (Å²) in [4.78, 5) is 44.1. The van der Waals surface area contributed by atoms with Crippen LogP contribution < -0.4 is 15.9 Å². The van der Waals surface area contributed by atoms with Gasteiger partial charge < -0.3 is 15.0 Å². The van der Waals surface area contributed by atoms with Gasteiger partial charge in [-0.1, -0.05) is 26.0 Å². The van der Waals surface area contributed by atoms with Gasteiger partial charge in [0.2, 0.25) is 11.6 Å². The molecule has 2 atom stereocenters. The Balaban J connectivity index is 1.60. The molecule has 1 N–H and O–H groups in total. The third-order valence-corrected chi connectivity index (χ3v) is 5.55. The van der Waals surface area contributed by atoms with Crippen molar-refractivity contribution in [3.8, 4) is 0 Å². The van der Waals surface area contributed by atoms with E-state index >= 15 is 0 Å². The number of methoxy groups -OCH3 is 1. The van der Waals surface area contributed by atoms with E-state index in [1.165, 1.54) is 11.5 Å². The molecule has 10 nitrogen and oxygen atoms in total. The molecular formula is C22H26N6O4. The maximum absolute atomic E-state index is 12.9. The summed E-state index contributed by atoms with van der Waals surface area (Å²) in [5.74, 6) is 0.608. The van der Waals surface area contributed by atoms with Crippen LogP contribution in [-0.4, -0.2) is 51.2 Å². The number of hydrogen-bond donors (Lipinski definition) is 1. The van der Waals surface area contributed by atoms with E-state index in [0.717, 1.165) is 24.2 Å². The molecule has 1 aliphatic heterocycles. The van der Waals surface area contributed by atoms with Gasteiger partial charge in [-0.25, -0.2) is 23.7 Å². The normalized spacial score (nSPS) is 18.5. The number of anilines is 2. The van der Waals surface area contributed by atoms with Gasteiger partial charge in [-0.05, 0) is 30.4 Å². The number of carbonyl (C=O) groups excluding carboxylic acids is 2. The van der Waals surface area contributed by atoms with Crippen molar-refractivity contribution >= 4 is 29.0 Å². The van der Waals surface area contributed by atoms with Gasteiger partial charge in [0, 0.05) is 25.5 Å². The van der Waals surface area contributed by atoms with Crippen LogP contribution in [0.4, 0.5) is 11.5 Å². The average molecular weight is 438 g/mol. The molecule has 0 radical (unpaired) electrons. The number of nitrogens with zero attached hydrogens (tertiary/aromatic N) is 5. The van der Waals surface area contributed by atoms with Gasteiger partial charge in [0.1, 0.15) is 6.54 Å². The van der Waals surface area contributed by atoms with Crippen LogP contribution in [0, 0.1) is 11.8 Å². The SMILES string of the molecule is COC(=O)c1ccccc1NC(=O)Cn1nc2c(N3C[C@H](C)C[C@@H](C)C3)nccn2c1=O. The van der Waals surface area contributed by atoms with E-state index < -0.39 is 17.6 Å². The van der Waals surface area contributed by atoms with Crippen molar-refractivity contribution in [2.45, 2.75) is 26.8 Å². The molecule has 0 aliphatic carbocycles. The number of para-hydroxylation sites is 1. The van der Waals surface area contributed by atoms with Crippen molar-refractivity contribution in [3.05, 3.63) is 52.7 Å². The van der Waals surface area contributed by atoms with Gasteiger partial charge >= 0.3 is 11.7 Å². The van der Waals surface area contributed by atoms with E-state index in [9.17, 15) is 14.4 Å². The molecule has 3 heterocycles. The number of aromatic nitrogens is 4. The van der Waals surface area contributed by atoms with Gasteiger partial charge in [-0.2, -0.15) is 0 Å². The van der Waals surface area contributed by atoms with Crippen molar-refractivity contribution < 1.29 is 14.3 Å². The van der Waals surface area contributed by atoms with Gasteiger partial charge in [0.05, 0.1) is 18.4 Å². The Labute approximate surface area is 184 Å². The molecule has 1 aromatic carbocycles. The Morgan fingerprint density at radius 3 is 2.62 bits per heavy atom. The van der Waals surface area contributed by atoms with Crippen molar-refractivity contribution in [2.24, 2.45) is 11.8 Å². The van der Waals surface area contributed by atoms with Crippen LogP contribution in [0.1, 0.15) is 30.6 Å². The molecule has 1 aliphatic rings. The number of piperidine rings is 1. The second kappa shape index (κ2) is 8.81. The Hall–Kier alpha value is -3.69. The Morgan fingerprint density at radius 1 is 1.19 bits per heavy atom. The van der Waals surface area contributed by atoms with E-state index in [1.54, 1.807) is 36.7 Å². The van der Waals surface area contributed by atoms with E-state index in [1.807, 2.05) is 0 Å². The molecule has 3 aromatic rings. The number of carbonyl (C=O) groups is 2. The molecular weight excluding hydrogens is 412 g/mol. The highest BCUT2D eigenvalue weighted by Gasteiger charge is 2.26. The van der Waals surface area contributed by atoms with Crippen LogP contribution in [0.25, 0.3) is 5.65 Å². The molecule has 10 heteroatoms. The molecule has 0 spiro atoms. The lowest BCUT2D eigenvalue weighted by Crippen LogP contribution is -2.39. The van der Waals surface area contributed by atoms with Crippen molar-refractivity contribution in [1.29, 1.82) is 0 Å². The third kappa shape index (κ3) is 4.20. The summed E-state index contributed by atoms with van der Waals surface area (Å²) in [6, 6.07) is 6.51. The first kappa shape index (κ1) is 21.5. The predicted octanol–water partition coefficient (Wildman–Crippen LogP) is 1.80. The second-order valence-corrected chi connectivity index (χ2v) is 8.32. The van der Waals surface area contributed by atoms with Gasteiger partial charge in [-0.15, -0.1) is 5.10 Å². The molecule has 0 bridgehead atoms. The quantitative estimate of drug-likeness (QED) is 0.605. The van der Waals surface area contributed by atoms with Crippen LogP contribution in [0.5, 0.6) is 0 Å². The van der Waals surface area contributed by atoms with E-state index in [0.29, 0.717) is 29.0 Å². The lowest BCUT2D eigenvalue weighted by Gasteiger charge is -2.35. The molecule has 4 rings (SSSR count). The van der Waals surface area contributed by atoms with Gasteiger partial charge in [0.15, 0.2) is 5.82 Å². The van der Waals surface area contributed by atoms with Gasteiger partial charge in [-0.3, -0.25) is 4.79 Å². The van der Waals surface area contributed by atoms with E-state index in [-0.39, 0.29) is 12.1 Å². The summed E-state index contributed by atoms with van der Waals surface area (Å²) in [5, 5.41) is 7.06. The molecule has 32 heavy (non-hydrogen) atoms. The molecule has 0 unspecified atom stereocenters. The lowest BCUT2D eigenvalue weighted by atomic mass is 9.92. The Morgan fingerprint density at radius 2 is 1.91 bits per heavy atom. The first-order valence-corrected chi connectivity index (χ1v) is 10.5. The predicted molar refractivity (Wildman–Crippen MR) is 119 cm³/mol. The summed E-state index contributed by atoms with van der Waals surface area (Å²) in [7, 11) is 1.27. The minimum atomic E-state index is -0.563. The fraction of sp³-hybridized carbons (Fsp3) is 0.409. The Bertz CT molecular complexity index is 1210. The van der Waals surface area contributed by atoms with Crippen LogP contribution >= 0.6 is 0 Å². The standard InChI is InChI=1S/C22H26N6O4/c1-14-10-15(2)12-26(11-14)19-20-25-28(22(31)27(20)9-8-23-19)13-18(29)24-17-7-5-4-6-16(17)21(30)32-3/h4-9,14-15H,10-13H2,1-3H3,(H,24,29)/t14-,15-/m1/s1. The zero-order chi connectivity index (χ0) is 22.8. The number of rotatable bonds is 5. The zero-order valence-electron chi connectivity index (χ0n) is 18.3. The highest BCUT2D eigenvalue weighted by Crippen LogP contribution is 2.26. The van der Waals surface area contributed by atoms with Crippen molar-refractivity contribution in [2.75, 3.05) is 30.4 Å². The second-order valence-electron chi connectivity index (χ2n) is 8.32. The molecule has 1 amide bonds. The first-order valence-electron chi connectivity index (χ1n) is 10.5. The third-order valence-electron chi connectivity index (χ3n) is 5.55. The maximum atomic E-state index is 12.9. The molecule has 168 valence electrons. The molecule has 1 saturated heterocycles. The van der Waals surface area contributed by atoms with Crippen LogP contribution in [0.15, 0.2) is 41.5 Å². The van der Waals surface area contributed by atoms with Crippen molar-refractivity contribution in [3.63, 3.8) is 0 Å². The molecule has 1 fully saturated rings. The molecule has 0 saturated carbocycles. The summed E-state index contributed by atoms with van der Waals surface area (Å²) < 4.78 is 7.26. The maximum Gasteiger partial charge on any atom is 0.350 e. The largest absolute Gasteiger partial charge is 0.465 e. The minimum Gasteiger partial charge on any atom is -0.465 e. The number of ether oxygens (including phenoxy) is 1. The van der Waals surface area contributed by atoms with Crippen molar-refractivity contribution in [1.82, 2.24) is 19.2 Å². The lowest BCUT2D eigenvalue weighted by molar-refractivity contribution is -0.117. The van der Waals surface area contributed by atoms with E-state index in [2.05, 4.69) is 34.1 Å². The summed E-state index contributed by atoms with van der Waals surface area (Å²) in [5.41, 5.74) is 0.519. The smallest absolute Gasteiger partial charge is 0.350 e. The van der Waals surface area contributed by atoms with Gasteiger partial charge in [0.25, 0.3) is 0 Å². The topological polar surface area (TPSA) is 111 Å². The average Bonchev–Trinajstić information content (AvgIpc) is 3.08. The van der Waals surface area contributed by atoms with Crippen LogP contribution in [-0.2, 0) is 16.1 Å². The van der Waals surface area contributed by atoms with Crippen LogP contribution in [0.2, 0.25) is 0 Å². The number of fused-ring (bicyclic) bond motifs is 1. The number of amides is 1. The number of nitrogens with one attached hydrogen (secondary N) is 1. The summed E-state index contributed by atoms with van der Waals surface area (Å²) in [6.45, 7) is 5.77. The number of hydrogen-bond acceptors (Lipinski definition) is 7. The van der Waals surface area contributed by atoms with E-state index in [4.69, 9.17) is 4.74 Å². The summed E-state index contributed by atoms with van der Waals surface area (Å²) >= 11 is 0. The highest BCUT2D eigenvalue weighted by molar-refractivity contribution is 6.01. The van der Waals surface area contributed by atoms with Crippen LogP contribution in [0.3, 0.4) is 0 Å². The first-order chi connectivity index (χ1) is 15.4. The number of benzene rings is 1. The minimum absolute atomic E-state index is 0.227. The zero-order valence-corrected chi connectivity index (χ0v) is 18.3. The molecule has 2 aromatic heterocycles. The highest BCUT2D eigenvalue weighted by atomic mass is 16.5.